The van der Waals surface area contributed by atoms with Crippen LogP contribution in [-0.2, 0) is 6.54 Å². The quantitative estimate of drug-likeness (QED) is 0.305. The summed E-state index contributed by atoms with van der Waals surface area (Å²) in [6.07, 6.45) is 5.19. The molecule has 2 aliphatic rings. The number of phenols is 2. The molecule has 1 saturated heterocycles. The van der Waals surface area contributed by atoms with Crippen molar-refractivity contribution in [3.8, 4) is 17.2 Å². The molecule has 2 aliphatic heterocycles. The first-order valence-corrected chi connectivity index (χ1v) is 12.8. The molecule has 0 saturated carbocycles. The highest BCUT2D eigenvalue weighted by Crippen LogP contribution is 2.50. The molecule has 6 nitrogen and oxygen atoms in total. The molecule has 1 atom stereocenters. The lowest BCUT2D eigenvalue weighted by molar-refractivity contribution is 0.214. The van der Waals surface area contributed by atoms with Crippen LogP contribution in [0.5, 0.6) is 17.2 Å². The molecule has 0 aromatic heterocycles. The first-order chi connectivity index (χ1) is 17.4. The number of allylic oxidation sites excluding steroid dienone is 1. The van der Waals surface area contributed by atoms with Gasteiger partial charge in [0.1, 0.15) is 41.8 Å². The number of rotatable bonds is 7. The molecule has 0 radical (unpaired) electrons. The first kappa shape index (κ1) is 24.4. The molecule has 5 rings (SSSR count). The number of fused-ring (bicyclic) bond motifs is 1. The summed E-state index contributed by atoms with van der Waals surface area (Å²) < 4.78 is 5.34. The Morgan fingerprint density at radius 2 is 1.53 bits per heavy atom. The van der Waals surface area contributed by atoms with Gasteiger partial charge in [0.25, 0.3) is 0 Å². The van der Waals surface area contributed by atoms with Gasteiger partial charge < -0.3 is 20.2 Å². The highest BCUT2D eigenvalue weighted by molar-refractivity contribution is 6.03. The molecule has 1 fully saturated rings. The monoisotopic (exact) mass is 486 g/mol. The van der Waals surface area contributed by atoms with Gasteiger partial charge in [-0.15, -0.1) is 0 Å². The van der Waals surface area contributed by atoms with Gasteiger partial charge in [-0.2, -0.15) is 0 Å². The van der Waals surface area contributed by atoms with E-state index in [0.29, 0.717) is 18.0 Å². The van der Waals surface area contributed by atoms with Gasteiger partial charge in [-0.1, -0.05) is 12.8 Å². The molecule has 1 unspecified atom stereocenters. The number of quaternary nitrogens is 1. The molecule has 3 aromatic carbocycles. The van der Waals surface area contributed by atoms with Gasteiger partial charge in [-0.25, -0.2) is 0 Å². The van der Waals surface area contributed by atoms with Crippen molar-refractivity contribution >= 4 is 17.0 Å². The predicted molar refractivity (Wildman–Crippen MR) is 144 cm³/mol. The molecule has 6 heteroatoms. The second-order valence-corrected chi connectivity index (χ2v) is 9.87. The zero-order valence-electron chi connectivity index (χ0n) is 20.8. The van der Waals surface area contributed by atoms with Gasteiger partial charge in [0, 0.05) is 34.9 Å². The van der Waals surface area contributed by atoms with Crippen molar-refractivity contribution in [3.63, 3.8) is 0 Å². The molecule has 0 aliphatic carbocycles. The number of hydroxylamine groups is 2. The molecule has 0 bridgehead atoms. The summed E-state index contributed by atoms with van der Waals surface area (Å²) in [4.78, 5) is 2.48. The number of nitrogens with zero attached hydrogens (tertiary/aromatic N) is 2. The van der Waals surface area contributed by atoms with Gasteiger partial charge >= 0.3 is 0 Å². The van der Waals surface area contributed by atoms with E-state index in [9.17, 15) is 15.4 Å². The third-order valence-electron chi connectivity index (χ3n) is 7.33. The largest absolute Gasteiger partial charge is 0.622 e. The van der Waals surface area contributed by atoms with Gasteiger partial charge in [0.2, 0.25) is 0 Å². The minimum atomic E-state index is -0.665. The van der Waals surface area contributed by atoms with E-state index in [1.54, 1.807) is 42.5 Å². The van der Waals surface area contributed by atoms with Crippen molar-refractivity contribution < 1.29 is 14.9 Å². The average molecular weight is 487 g/mol. The first-order valence-electron chi connectivity index (χ1n) is 12.8. The van der Waals surface area contributed by atoms with Gasteiger partial charge in [0.15, 0.2) is 0 Å². The Labute approximate surface area is 212 Å². The Kier molecular flexibility index (Phi) is 7.01. The van der Waals surface area contributed by atoms with Crippen molar-refractivity contribution in [2.75, 3.05) is 26.2 Å². The number of hydrogen-bond acceptors (Lipinski definition) is 5. The number of phenolic OH excluding ortho intramolecular Hbond substituents is 2. The van der Waals surface area contributed by atoms with Crippen LogP contribution in [0.15, 0.2) is 66.7 Å². The minimum absolute atomic E-state index is 0.133. The molecule has 3 aromatic rings. The smallest absolute Gasteiger partial charge is 0.149 e. The second kappa shape index (κ2) is 10.3. The van der Waals surface area contributed by atoms with Crippen LogP contribution in [0.3, 0.4) is 0 Å². The fraction of sp³-hybridized carbons (Fsp3) is 0.333. The zero-order valence-corrected chi connectivity index (χ0v) is 20.8. The van der Waals surface area contributed by atoms with Gasteiger partial charge in [-0.3, -0.25) is 9.55 Å². The lowest BCUT2D eigenvalue weighted by atomic mass is 10.0. The third-order valence-corrected chi connectivity index (χ3v) is 7.33. The number of ether oxygens (including phenoxy) is 1. The summed E-state index contributed by atoms with van der Waals surface area (Å²) in [6.45, 7) is 6.03. The number of aromatic hydroxyl groups is 2. The van der Waals surface area contributed by atoms with E-state index in [1.807, 2.05) is 31.2 Å². The molecule has 2 heterocycles. The molecule has 188 valence electrons. The molecule has 0 amide bonds. The Morgan fingerprint density at radius 3 is 2.22 bits per heavy atom. The summed E-state index contributed by atoms with van der Waals surface area (Å²) in [6, 6.07) is 19.5. The molecular weight excluding hydrogens is 452 g/mol. The SMILES string of the molecule is CC1=C(c2ccc(O)cc2)[N+]([O-])(Cc2ccc(OCCN3CCCCCC3)cc2)c2ccc(O)cc21. The maximum atomic E-state index is 14.6. The van der Waals surface area contributed by atoms with Crippen LogP contribution in [0.2, 0.25) is 0 Å². The lowest BCUT2D eigenvalue weighted by Gasteiger charge is -2.41. The van der Waals surface area contributed by atoms with E-state index in [4.69, 9.17) is 4.74 Å². The van der Waals surface area contributed by atoms with Crippen LogP contribution >= 0.6 is 0 Å². The highest BCUT2D eigenvalue weighted by atomic mass is 16.5. The summed E-state index contributed by atoms with van der Waals surface area (Å²) in [7, 11) is 0. The topological polar surface area (TPSA) is 76.0 Å². The maximum Gasteiger partial charge on any atom is 0.149 e. The van der Waals surface area contributed by atoms with Crippen LogP contribution in [0.4, 0.5) is 5.69 Å². The van der Waals surface area contributed by atoms with Crippen LogP contribution in [0, 0.1) is 5.21 Å². The number of benzene rings is 3. The second-order valence-electron chi connectivity index (χ2n) is 9.87. The van der Waals surface area contributed by atoms with E-state index in [2.05, 4.69) is 4.90 Å². The van der Waals surface area contributed by atoms with Crippen molar-refractivity contribution in [2.45, 2.75) is 39.2 Å². The van der Waals surface area contributed by atoms with Crippen molar-refractivity contribution in [2.24, 2.45) is 0 Å². The van der Waals surface area contributed by atoms with Crippen molar-refractivity contribution in [1.82, 2.24) is 9.55 Å². The van der Waals surface area contributed by atoms with E-state index < -0.39 is 4.65 Å². The number of hydrogen-bond donors (Lipinski definition) is 2. The van der Waals surface area contributed by atoms with Crippen LogP contribution < -0.4 is 9.38 Å². The summed E-state index contributed by atoms with van der Waals surface area (Å²) in [5.74, 6) is 1.09. The molecule has 0 spiro atoms. The Hall–Kier alpha value is -3.32. The fourth-order valence-corrected chi connectivity index (χ4v) is 5.47. The number of likely N-dealkylation sites (tertiary alicyclic amines) is 1. The zero-order chi connectivity index (χ0) is 25.1. The summed E-state index contributed by atoms with van der Waals surface area (Å²) >= 11 is 0. The normalized spacial score (nSPS) is 20.3. The molecule has 2 N–H and O–H groups in total. The van der Waals surface area contributed by atoms with E-state index in [0.717, 1.165) is 47.6 Å². The third kappa shape index (κ3) is 4.98. The standard InChI is InChI=1S/C30H34N2O4/c1-22-28-20-26(34)12-15-29(28)32(35,30(22)24-8-10-25(33)11-9-24)21-23-6-13-27(14-7-23)36-19-18-31-16-4-2-3-5-17-31/h6-15,20,33-34H,2-5,16-19,21H2,1H3. The summed E-state index contributed by atoms with van der Waals surface area (Å²) in [5, 5.41) is 34.4. The minimum Gasteiger partial charge on any atom is -0.622 e. The van der Waals surface area contributed by atoms with E-state index >= 15 is 0 Å². The predicted octanol–water partition coefficient (Wildman–Crippen LogP) is 6.26. The average Bonchev–Trinajstić information content (AvgIpc) is 3.04. The maximum absolute atomic E-state index is 14.6. The Bertz CT molecular complexity index is 1230. The van der Waals surface area contributed by atoms with E-state index in [1.165, 1.54) is 25.7 Å². The Balaban J connectivity index is 1.34. The van der Waals surface area contributed by atoms with Gasteiger partial charge in [0.05, 0.1) is 0 Å². The van der Waals surface area contributed by atoms with Crippen LogP contribution in [0.25, 0.3) is 11.3 Å². The highest BCUT2D eigenvalue weighted by Gasteiger charge is 2.39. The molecular formula is C30H34N2O4. The van der Waals surface area contributed by atoms with Gasteiger partial charge in [-0.05, 0) is 93.5 Å². The Morgan fingerprint density at radius 1 is 0.861 bits per heavy atom. The molecule has 36 heavy (non-hydrogen) atoms. The fourth-order valence-electron chi connectivity index (χ4n) is 5.47. The summed E-state index contributed by atoms with van der Waals surface area (Å²) in [5.41, 5.74) is 4.45. The van der Waals surface area contributed by atoms with Crippen molar-refractivity contribution in [1.29, 1.82) is 0 Å². The van der Waals surface area contributed by atoms with Crippen molar-refractivity contribution in [3.05, 3.63) is 88.6 Å². The van der Waals surface area contributed by atoms with Crippen LogP contribution in [0.1, 0.15) is 49.3 Å². The lowest BCUT2D eigenvalue weighted by Crippen LogP contribution is -2.38. The van der Waals surface area contributed by atoms with E-state index in [-0.39, 0.29) is 18.0 Å². The van der Waals surface area contributed by atoms with Crippen LogP contribution in [-0.4, -0.2) is 41.4 Å².